The molecule has 0 aliphatic heterocycles. The van der Waals surface area contributed by atoms with Crippen molar-refractivity contribution < 1.29 is 14.6 Å². The molecule has 0 saturated carbocycles. The van der Waals surface area contributed by atoms with Crippen LogP contribution in [0.5, 0.6) is 17.2 Å². The molecule has 0 aliphatic rings. The van der Waals surface area contributed by atoms with E-state index in [0.717, 1.165) is 22.8 Å². The minimum Gasteiger partial charge on any atom is -0.504 e. The van der Waals surface area contributed by atoms with E-state index in [0.29, 0.717) is 17.1 Å². The third kappa shape index (κ3) is 3.10. The number of hydrogen-bond donors (Lipinski definition) is 2. The minimum atomic E-state index is 0.0778. The maximum Gasteiger partial charge on any atom is 0.161 e. The number of benzene rings is 2. The summed E-state index contributed by atoms with van der Waals surface area (Å²) in [5.74, 6) is 1.99. The van der Waals surface area contributed by atoms with Gasteiger partial charge >= 0.3 is 0 Å². The van der Waals surface area contributed by atoms with Crippen molar-refractivity contribution in [3.63, 3.8) is 0 Å². The summed E-state index contributed by atoms with van der Waals surface area (Å²) in [4.78, 5) is 8.84. The molecule has 27 heavy (non-hydrogen) atoms. The van der Waals surface area contributed by atoms with Crippen molar-refractivity contribution in [1.29, 1.82) is 0 Å². The van der Waals surface area contributed by atoms with Crippen LogP contribution in [0.2, 0.25) is 0 Å². The van der Waals surface area contributed by atoms with Crippen LogP contribution in [0.25, 0.3) is 16.9 Å². The van der Waals surface area contributed by atoms with Crippen molar-refractivity contribution in [1.82, 2.24) is 14.4 Å². The highest BCUT2D eigenvalue weighted by molar-refractivity contribution is 5.80. The zero-order chi connectivity index (χ0) is 18.8. The highest BCUT2D eigenvalue weighted by Crippen LogP contribution is 2.36. The molecule has 0 spiro atoms. The predicted molar refractivity (Wildman–Crippen MR) is 103 cm³/mol. The lowest BCUT2D eigenvalue weighted by molar-refractivity contribution is 0.373. The van der Waals surface area contributed by atoms with Crippen LogP contribution >= 0.6 is 0 Å². The molecule has 0 fully saturated rings. The molecule has 7 heteroatoms. The lowest BCUT2D eigenvalue weighted by atomic mass is 10.1. The third-order valence-electron chi connectivity index (χ3n) is 4.22. The van der Waals surface area contributed by atoms with Gasteiger partial charge in [-0.25, -0.2) is 4.98 Å². The zero-order valence-corrected chi connectivity index (χ0v) is 14.9. The molecule has 2 aromatic heterocycles. The lowest BCUT2D eigenvalue weighted by Crippen LogP contribution is -1.97. The molecule has 0 radical (unpaired) electrons. The Morgan fingerprint density at radius 2 is 1.96 bits per heavy atom. The number of methoxy groups -OCH3 is 2. The summed E-state index contributed by atoms with van der Waals surface area (Å²) in [5.41, 5.74) is 3.08. The SMILES string of the molecule is COc1cccc(Nc2c(-c3ccc(O)c(OC)c3)nc3cnccn23)c1. The fraction of sp³-hybridized carbons (Fsp3) is 0.100. The van der Waals surface area contributed by atoms with Crippen molar-refractivity contribution in [2.75, 3.05) is 19.5 Å². The normalized spacial score (nSPS) is 10.7. The third-order valence-corrected chi connectivity index (χ3v) is 4.22. The quantitative estimate of drug-likeness (QED) is 0.561. The molecule has 0 bridgehead atoms. The molecule has 2 heterocycles. The summed E-state index contributed by atoms with van der Waals surface area (Å²) in [5, 5.41) is 13.3. The van der Waals surface area contributed by atoms with Crippen molar-refractivity contribution in [3.05, 3.63) is 61.1 Å². The highest BCUT2D eigenvalue weighted by Gasteiger charge is 2.16. The first kappa shape index (κ1) is 16.7. The van der Waals surface area contributed by atoms with E-state index in [1.165, 1.54) is 7.11 Å². The summed E-state index contributed by atoms with van der Waals surface area (Å²) < 4.78 is 12.5. The molecular formula is C20H18N4O3. The molecule has 0 saturated heterocycles. The van der Waals surface area contributed by atoms with Crippen LogP contribution in [0.3, 0.4) is 0 Å². The Labute approximate surface area is 155 Å². The standard InChI is InChI=1S/C20H18N4O3/c1-26-15-5-3-4-14(11-15)22-20-19(23-18-12-21-8-9-24(18)20)13-6-7-16(25)17(10-13)27-2/h3-12,22,25H,1-2H3. The topological polar surface area (TPSA) is 80.9 Å². The first-order chi connectivity index (χ1) is 13.2. The van der Waals surface area contributed by atoms with Crippen LogP contribution in [0.1, 0.15) is 0 Å². The molecular weight excluding hydrogens is 344 g/mol. The number of phenolic OH excluding ortho intramolecular Hbond substituents is 1. The largest absolute Gasteiger partial charge is 0.504 e. The molecule has 0 atom stereocenters. The Hall–Kier alpha value is -3.74. The van der Waals surface area contributed by atoms with Gasteiger partial charge in [0.15, 0.2) is 17.1 Å². The van der Waals surface area contributed by atoms with E-state index in [-0.39, 0.29) is 5.75 Å². The van der Waals surface area contributed by atoms with Crippen LogP contribution in [-0.4, -0.2) is 33.7 Å². The van der Waals surface area contributed by atoms with E-state index in [2.05, 4.69) is 10.3 Å². The number of phenols is 1. The van der Waals surface area contributed by atoms with Gasteiger partial charge in [0.05, 0.1) is 20.4 Å². The van der Waals surface area contributed by atoms with Crippen LogP contribution in [-0.2, 0) is 0 Å². The van der Waals surface area contributed by atoms with Gasteiger partial charge in [0.1, 0.15) is 17.3 Å². The first-order valence-corrected chi connectivity index (χ1v) is 8.30. The number of rotatable bonds is 5. The second-order valence-corrected chi connectivity index (χ2v) is 5.86. The zero-order valence-electron chi connectivity index (χ0n) is 14.9. The van der Waals surface area contributed by atoms with Crippen LogP contribution in [0.4, 0.5) is 11.5 Å². The number of anilines is 2. The van der Waals surface area contributed by atoms with Gasteiger partial charge in [0, 0.05) is 29.7 Å². The minimum absolute atomic E-state index is 0.0778. The maximum atomic E-state index is 9.89. The van der Waals surface area contributed by atoms with Crippen molar-refractivity contribution >= 4 is 17.2 Å². The fourth-order valence-corrected chi connectivity index (χ4v) is 2.89. The summed E-state index contributed by atoms with van der Waals surface area (Å²) in [6.07, 6.45) is 5.23. The maximum absolute atomic E-state index is 9.89. The van der Waals surface area contributed by atoms with E-state index >= 15 is 0 Å². The molecule has 4 aromatic rings. The second-order valence-electron chi connectivity index (χ2n) is 5.86. The Kier molecular flexibility index (Phi) is 4.25. The van der Waals surface area contributed by atoms with Crippen molar-refractivity contribution in [2.45, 2.75) is 0 Å². The van der Waals surface area contributed by atoms with E-state index in [4.69, 9.17) is 14.5 Å². The van der Waals surface area contributed by atoms with Crippen LogP contribution < -0.4 is 14.8 Å². The van der Waals surface area contributed by atoms with E-state index in [1.807, 2.05) is 34.9 Å². The number of nitrogens with zero attached hydrogens (tertiary/aromatic N) is 3. The highest BCUT2D eigenvalue weighted by atomic mass is 16.5. The van der Waals surface area contributed by atoms with Gasteiger partial charge in [-0.3, -0.25) is 9.38 Å². The van der Waals surface area contributed by atoms with Crippen molar-refractivity contribution in [2.24, 2.45) is 0 Å². The number of hydrogen-bond acceptors (Lipinski definition) is 6. The molecule has 7 nitrogen and oxygen atoms in total. The number of aromatic hydroxyl groups is 1. The number of ether oxygens (including phenoxy) is 2. The van der Waals surface area contributed by atoms with E-state index < -0.39 is 0 Å². The predicted octanol–water partition coefficient (Wildman–Crippen LogP) is 3.86. The molecule has 4 rings (SSSR count). The van der Waals surface area contributed by atoms with Gasteiger partial charge in [-0.05, 0) is 30.3 Å². The van der Waals surface area contributed by atoms with E-state index in [9.17, 15) is 5.11 Å². The van der Waals surface area contributed by atoms with Gasteiger partial charge in [0.25, 0.3) is 0 Å². The smallest absolute Gasteiger partial charge is 0.161 e. The number of imidazole rings is 1. The van der Waals surface area contributed by atoms with E-state index in [1.54, 1.807) is 37.7 Å². The summed E-state index contributed by atoms with van der Waals surface area (Å²) in [7, 11) is 3.15. The van der Waals surface area contributed by atoms with Crippen molar-refractivity contribution in [3.8, 4) is 28.5 Å². The first-order valence-electron chi connectivity index (χ1n) is 8.30. The number of aromatic nitrogens is 3. The van der Waals surface area contributed by atoms with Crippen LogP contribution in [0, 0.1) is 0 Å². The Balaban J connectivity index is 1.87. The lowest BCUT2D eigenvalue weighted by Gasteiger charge is -2.11. The second kappa shape index (κ2) is 6.87. The molecule has 0 aliphatic carbocycles. The fourth-order valence-electron chi connectivity index (χ4n) is 2.89. The Bertz CT molecular complexity index is 1110. The number of fused-ring (bicyclic) bond motifs is 1. The van der Waals surface area contributed by atoms with Gasteiger partial charge < -0.3 is 19.9 Å². The molecule has 136 valence electrons. The van der Waals surface area contributed by atoms with Gasteiger partial charge in [-0.15, -0.1) is 0 Å². The molecule has 2 N–H and O–H groups in total. The molecule has 0 unspecified atom stereocenters. The summed E-state index contributed by atoms with van der Waals surface area (Å²) in [6.45, 7) is 0. The average Bonchev–Trinajstić information content (AvgIpc) is 3.07. The Morgan fingerprint density at radius 1 is 1.07 bits per heavy atom. The molecule has 2 aromatic carbocycles. The average molecular weight is 362 g/mol. The molecule has 0 amide bonds. The summed E-state index contributed by atoms with van der Waals surface area (Å²) in [6, 6.07) is 12.8. The van der Waals surface area contributed by atoms with Gasteiger partial charge in [-0.2, -0.15) is 0 Å². The van der Waals surface area contributed by atoms with Gasteiger partial charge in [0.2, 0.25) is 0 Å². The summed E-state index contributed by atoms with van der Waals surface area (Å²) >= 11 is 0. The number of nitrogens with one attached hydrogen (secondary N) is 1. The monoisotopic (exact) mass is 362 g/mol. The van der Waals surface area contributed by atoms with Crippen LogP contribution in [0.15, 0.2) is 61.1 Å². The Morgan fingerprint density at radius 3 is 2.78 bits per heavy atom. The van der Waals surface area contributed by atoms with Gasteiger partial charge in [-0.1, -0.05) is 6.07 Å².